The number of hydrogen-bond acceptors (Lipinski definition) is 4. The number of pyridine rings is 1. The van der Waals surface area contributed by atoms with Crippen LogP contribution in [0, 0.1) is 11.3 Å². The van der Waals surface area contributed by atoms with Crippen molar-refractivity contribution in [3.8, 4) is 0 Å². The van der Waals surface area contributed by atoms with E-state index < -0.39 is 0 Å². The van der Waals surface area contributed by atoms with Gasteiger partial charge in [-0.1, -0.05) is 20.3 Å². The highest BCUT2D eigenvalue weighted by Crippen LogP contribution is 2.60. The molecule has 6 heteroatoms. The number of amides is 2. The molecule has 0 radical (unpaired) electrons. The minimum absolute atomic E-state index is 0.132. The van der Waals surface area contributed by atoms with Gasteiger partial charge < -0.3 is 15.1 Å². The van der Waals surface area contributed by atoms with Crippen LogP contribution in [-0.2, 0) is 4.79 Å². The van der Waals surface area contributed by atoms with Crippen molar-refractivity contribution in [1.82, 2.24) is 15.6 Å². The lowest BCUT2D eigenvalue weighted by Crippen LogP contribution is -2.26. The molecule has 2 N–H and O–H groups in total. The Morgan fingerprint density at radius 3 is 2.86 bits per heavy atom. The second-order valence-corrected chi connectivity index (χ2v) is 7.89. The Kier molecular flexibility index (Phi) is 6.70. The number of rotatable bonds is 11. The number of carbonyl (C=O) groups excluding carboxylic acids is 2. The molecule has 0 spiro atoms. The van der Waals surface area contributed by atoms with Gasteiger partial charge in [0.2, 0.25) is 5.91 Å². The maximum atomic E-state index is 12.3. The van der Waals surface area contributed by atoms with E-state index in [4.69, 9.17) is 4.42 Å². The fourth-order valence-corrected chi connectivity index (χ4v) is 4.28. The molecule has 1 saturated carbocycles. The van der Waals surface area contributed by atoms with Crippen molar-refractivity contribution in [2.45, 2.75) is 58.8 Å². The van der Waals surface area contributed by atoms with E-state index in [1.54, 1.807) is 18.5 Å². The topological polar surface area (TPSA) is 84.2 Å². The third-order valence-corrected chi connectivity index (χ3v) is 5.93. The summed E-state index contributed by atoms with van der Waals surface area (Å²) in [5.41, 5.74) is 1.02. The van der Waals surface area contributed by atoms with Gasteiger partial charge in [-0.3, -0.25) is 14.6 Å². The van der Waals surface area contributed by atoms with E-state index in [0.717, 1.165) is 31.2 Å². The summed E-state index contributed by atoms with van der Waals surface area (Å²) in [6.07, 6.45) is 10.6. The monoisotopic (exact) mass is 385 g/mol. The van der Waals surface area contributed by atoms with E-state index >= 15 is 0 Å². The molecule has 0 bridgehead atoms. The summed E-state index contributed by atoms with van der Waals surface area (Å²) in [4.78, 5) is 27.7. The second kappa shape index (κ2) is 9.22. The predicted molar refractivity (Wildman–Crippen MR) is 109 cm³/mol. The van der Waals surface area contributed by atoms with Gasteiger partial charge in [0.25, 0.3) is 5.91 Å². The molecule has 3 rings (SSSR count). The molecule has 0 aliphatic heterocycles. The SMILES string of the molecule is CCCC1(CCNC(=O)CC)CC1CCCNC(=O)c1cc2ccncc2o1. The Labute approximate surface area is 166 Å². The van der Waals surface area contributed by atoms with Gasteiger partial charge in [-0.25, -0.2) is 0 Å². The standard InChI is InChI=1S/C22H31N3O3/c1-3-8-22(9-12-24-20(26)4-2)14-17(22)6-5-10-25-21(27)18-13-16-7-11-23-15-19(16)28-18/h7,11,13,15,17H,3-6,8-10,12,14H2,1-2H3,(H,24,26)(H,25,27). The molecule has 2 aromatic heterocycles. The molecule has 2 amide bonds. The number of fused-ring (bicyclic) bond motifs is 1. The zero-order valence-electron chi connectivity index (χ0n) is 16.9. The first kappa shape index (κ1) is 20.4. The third kappa shape index (κ3) is 4.91. The second-order valence-electron chi connectivity index (χ2n) is 7.89. The van der Waals surface area contributed by atoms with E-state index in [2.05, 4.69) is 22.5 Å². The van der Waals surface area contributed by atoms with Gasteiger partial charge in [-0.05, 0) is 55.6 Å². The molecule has 1 aliphatic rings. The van der Waals surface area contributed by atoms with Crippen LogP contribution in [0.15, 0.2) is 28.9 Å². The van der Waals surface area contributed by atoms with Crippen LogP contribution in [0.5, 0.6) is 0 Å². The maximum Gasteiger partial charge on any atom is 0.287 e. The van der Waals surface area contributed by atoms with Gasteiger partial charge in [-0.2, -0.15) is 0 Å². The molecule has 2 unspecified atom stereocenters. The van der Waals surface area contributed by atoms with E-state index in [0.29, 0.717) is 35.6 Å². The highest BCUT2D eigenvalue weighted by molar-refractivity contribution is 5.95. The molecule has 0 saturated heterocycles. The fourth-order valence-electron chi connectivity index (χ4n) is 4.28. The lowest BCUT2D eigenvalue weighted by molar-refractivity contribution is -0.120. The van der Waals surface area contributed by atoms with Crippen LogP contribution in [0.1, 0.15) is 69.3 Å². The summed E-state index contributed by atoms with van der Waals surface area (Å²) in [5.74, 6) is 1.00. The Morgan fingerprint density at radius 1 is 1.25 bits per heavy atom. The predicted octanol–water partition coefficient (Wildman–Crippen LogP) is 4.06. The quantitative estimate of drug-likeness (QED) is 0.571. The normalized spacial score (nSPS) is 20.9. The first-order valence-corrected chi connectivity index (χ1v) is 10.5. The Bertz CT molecular complexity index is 783. The summed E-state index contributed by atoms with van der Waals surface area (Å²) in [6.45, 7) is 5.54. The fraction of sp³-hybridized carbons (Fsp3) is 0.591. The first-order valence-electron chi connectivity index (χ1n) is 10.5. The maximum absolute atomic E-state index is 12.3. The van der Waals surface area contributed by atoms with Crippen molar-refractivity contribution in [2.75, 3.05) is 13.1 Å². The summed E-state index contributed by atoms with van der Waals surface area (Å²) < 4.78 is 5.55. The van der Waals surface area contributed by atoms with Crippen molar-refractivity contribution >= 4 is 22.8 Å². The molecule has 152 valence electrons. The van der Waals surface area contributed by atoms with E-state index in [-0.39, 0.29) is 11.8 Å². The average Bonchev–Trinajstić information content (AvgIpc) is 3.18. The number of nitrogens with zero attached hydrogens (tertiary/aromatic N) is 1. The van der Waals surface area contributed by atoms with Crippen LogP contribution in [-0.4, -0.2) is 29.9 Å². The molecule has 28 heavy (non-hydrogen) atoms. The molecule has 1 fully saturated rings. The van der Waals surface area contributed by atoms with Crippen molar-refractivity contribution in [1.29, 1.82) is 0 Å². The van der Waals surface area contributed by atoms with Crippen molar-refractivity contribution in [2.24, 2.45) is 11.3 Å². The van der Waals surface area contributed by atoms with Crippen molar-refractivity contribution < 1.29 is 14.0 Å². The largest absolute Gasteiger partial charge is 0.449 e. The van der Waals surface area contributed by atoms with Crippen LogP contribution < -0.4 is 10.6 Å². The molecule has 2 aromatic rings. The van der Waals surface area contributed by atoms with E-state index in [1.165, 1.54) is 19.3 Å². The Hall–Kier alpha value is -2.37. The Balaban J connectivity index is 1.39. The van der Waals surface area contributed by atoms with E-state index in [1.807, 2.05) is 13.0 Å². The van der Waals surface area contributed by atoms with Crippen LogP contribution in [0.3, 0.4) is 0 Å². The molecule has 2 heterocycles. The highest BCUT2D eigenvalue weighted by atomic mass is 16.3. The molecule has 2 atom stereocenters. The smallest absolute Gasteiger partial charge is 0.287 e. The van der Waals surface area contributed by atoms with Crippen LogP contribution in [0.2, 0.25) is 0 Å². The molecule has 1 aliphatic carbocycles. The van der Waals surface area contributed by atoms with Crippen molar-refractivity contribution in [3.63, 3.8) is 0 Å². The van der Waals surface area contributed by atoms with E-state index in [9.17, 15) is 9.59 Å². The first-order chi connectivity index (χ1) is 13.6. The minimum Gasteiger partial charge on any atom is -0.449 e. The average molecular weight is 386 g/mol. The third-order valence-electron chi connectivity index (χ3n) is 5.93. The molecule has 0 aromatic carbocycles. The molecule has 6 nitrogen and oxygen atoms in total. The number of hydrogen-bond donors (Lipinski definition) is 2. The number of nitrogens with one attached hydrogen (secondary N) is 2. The van der Waals surface area contributed by atoms with Gasteiger partial charge in [0.15, 0.2) is 11.3 Å². The molecular formula is C22H31N3O3. The zero-order valence-corrected chi connectivity index (χ0v) is 16.9. The molecular weight excluding hydrogens is 354 g/mol. The van der Waals surface area contributed by atoms with Gasteiger partial charge in [0.1, 0.15) is 0 Å². The highest BCUT2D eigenvalue weighted by Gasteiger charge is 2.51. The van der Waals surface area contributed by atoms with Crippen LogP contribution in [0.25, 0.3) is 11.0 Å². The number of carbonyl (C=O) groups is 2. The summed E-state index contributed by atoms with van der Waals surface area (Å²) in [7, 11) is 0. The van der Waals surface area contributed by atoms with Gasteiger partial charge in [-0.15, -0.1) is 0 Å². The lowest BCUT2D eigenvalue weighted by atomic mass is 9.92. The number of furan rings is 1. The Morgan fingerprint density at radius 2 is 2.11 bits per heavy atom. The summed E-state index contributed by atoms with van der Waals surface area (Å²) in [6, 6.07) is 3.59. The van der Waals surface area contributed by atoms with Gasteiger partial charge in [0.05, 0.1) is 6.20 Å². The lowest BCUT2D eigenvalue weighted by Gasteiger charge is -2.17. The van der Waals surface area contributed by atoms with Crippen LogP contribution in [0.4, 0.5) is 0 Å². The van der Waals surface area contributed by atoms with Gasteiger partial charge >= 0.3 is 0 Å². The summed E-state index contributed by atoms with van der Waals surface area (Å²) >= 11 is 0. The van der Waals surface area contributed by atoms with Crippen molar-refractivity contribution in [3.05, 3.63) is 30.3 Å². The number of aromatic nitrogens is 1. The van der Waals surface area contributed by atoms with Gasteiger partial charge in [0, 0.05) is 31.1 Å². The summed E-state index contributed by atoms with van der Waals surface area (Å²) in [5, 5.41) is 6.85. The van der Waals surface area contributed by atoms with Crippen LogP contribution >= 0.6 is 0 Å². The zero-order chi connectivity index (χ0) is 20.0. The minimum atomic E-state index is -0.172.